The van der Waals surface area contributed by atoms with E-state index in [1.807, 2.05) is 42.6 Å². The van der Waals surface area contributed by atoms with Crippen molar-refractivity contribution in [1.29, 1.82) is 0 Å². The van der Waals surface area contributed by atoms with Crippen LogP contribution in [0, 0.1) is 10.9 Å². The molecule has 3 aromatic rings. The van der Waals surface area contributed by atoms with Crippen molar-refractivity contribution in [3.8, 4) is 22.8 Å². The van der Waals surface area contributed by atoms with E-state index in [4.69, 9.17) is 21.7 Å². The number of hydrogen-bond donors (Lipinski definition) is 2. The summed E-state index contributed by atoms with van der Waals surface area (Å²) in [7, 11) is 0. The minimum atomic E-state index is -0.855. The Bertz CT molecular complexity index is 1140. The van der Waals surface area contributed by atoms with Gasteiger partial charge in [0.1, 0.15) is 13.2 Å². The lowest BCUT2D eigenvalue weighted by atomic mass is 10.1. The zero-order chi connectivity index (χ0) is 21.1. The Labute approximate surface area is 182 Å². The first-order valence-electron chi connectivity index (χ1n) is 9.24. The molecule has 0 spiro atoms. The molecule has 0 bridgehead atoms. The van der Waals surface area contributed by atoms with Crippen LogP contribution in [-0.2, 0) is 16.1 Å². The maximum Gasteiger partial charge on any atom is 0.283 e. The van der Waals surface area contributed by atoms with E-state index in [9.17, 15) is 9.59 Å². The quantitative estimate of drug-likeness (QED) is 0.480. The molecule has 1 atom stereocenters. The largest absolute Gasteiger partial charge is 0.485 e. The van der Waals surface area contributed by atoms with E-state index in [1.54, 1.807) is 22.8 Å². The molecule has 0 saturated heterocycles. The highest BCUT2D eigenvalue weighted by Crippen LogP contribution is 2.30. The second kappa shape index (κ2) is 8.68. The predicted molar refractivity (Wildman–Crippen MR) is 116 cm³/mol. The monoisotopic (exact) mass is 441 g/mol. The highest BCUT2D eigenvalue weighted by Gasteiger charge is 2.27. The number of thiazole rings is 1. The highest BCUT2D eigenvalue weighted by molar-refractivity contribution is 7.73. The van der Waals surface area contributed by atoms with Gasteiger partial charge in [-0.25, -0.2) is 0 Å². The molecule has 2 N–H and O–H groups in total. The molecule has 2 aromatic carbocycles. The first-order valence-corrected chi connectivity index (χ1v) is 10.5. The molecule has 4 rings (SSSR count). The number of aryl methyl sites for hydroxylation is 1. The summed E-state index contributed by atoms with van der Waals surface area (Å²) in [4.78, 5) is 24.8. The third-order valence-electron chi connectivity index (χ3n) is 4.56. The van der Waals surface area contributed by atoms with Crippen molar-refractivity contribution >= 4 is 35.4 Å². The lowest BCUT2D eigenvalue weighted by Gasteiger charge is -2.25. The summed E-state index contributed by atoms with van der Waals surface area (Å²) in [5.74, 6) is 0.178. The summed E-state index contributed by atoms with van der Waals surface area (Å²) < 4.78 is 13.5. The molecule has 2 heterocycles. The number of amides is 2. The lowest BCUT2D eigenvalue weighted by Crippen LogP contribution is -2.51. The van der Waals surface area contributed by atoms with Crippen LogP contribution in [0.1, 0.15) is 5.56 Å². The summed E-state index contributed by atoms with van der Waals surface area (Å²) >= 11 is 6.76. The third-order valence-corrected chi connectivity index (χ3v) is 5.83. The normalized spacial score (nSPS) is 14.8. The Kier molecular flexibility index (Phi) is 5.82. The van der Waals surface area contributed by atoms with E-state index in [2.05, 4.69) is 10.9 Å². The molecule has 7 nitrogen and oxygen atoms in total. The Morgan fingerprint density at radius 3 is 2.63 bits per heavy atom. The maximum atomic E-state index is 12.4. The number of carbonyl (C=O) groups excluding carboxylic acids is 2. The molecule has 30 heavy (non-hydrogen) atoms. The number of benzene rings is 2. The molecule has 0 radical (unpaired) electrons. The Hall–Kier alpha value is -3.17. The molecular weight excluding hydrogens is 422 g/mol. The number of nitrogens with one attached hydrogen (secondary N) is 2. The Morgan fingerprint density at radius 2 is 1.87 bits per heavy atom. The number of ether oxygens (including phenoxy) is 2. The van der Waals surface area contributed by atoms with Crippen molar-refractivity contribution in [1.82, 2.24) is 15.4 Å². The van der Waals surface area contributed by atoms with E-state index < -0.39 is 17.9 Å². The molecule has 0 unspecified atom stereocenters. The zero-order valence-electron chi connectivity index (χ0n) is 16.1. The van der Waals surface area contributed by atoms with Crippen LogP contribution >= 0.6 is 23.6 Å². The van der Waals surface area contributed by atoms with Crippen molar-refractivity contribution in [2.75, 3.05) is 6.61 Å². The second-order valence-electron chi connectivity index (χ2n) is 6.74. The molecule has 1 aromatic heterocycles. The molecule has 1 aliphatic rings. The van der Waals surface area contributed by atoms with E-state index in [0.29, 0.717) is 15.5 Å². The van der Waals surface area contributed by atoms with E-state index in [0.717, 1.165) is 16.8 Å². The summed E-state index contributed by atoms with van der Waals surface area (Å²) in [6, 6.07) is 15.1. The van der Waals surface area contributed by atoms with Crippen LogP contribution in [0.3, 0.4) is 0 Å². The fourth-order valence-corrected chi connectivity index (χ4v) is 4.05. The third kappa shape index (κ3) is 4.37. The standard InChI is InChI=1S/C21H19N3O4S2/c1-13-6-8-14(9-7-13)15-12-30-21(29)24(15)10-19(25)22-23-20(26)18-11-27-16-4-2-3-5-17(16)28-18/h2-9,12,18H,10-11H2,1H3,(H,22,25)(H,23,26)/t18-/m0/s1. The van der Waals surface area contributed by atoms with E-state index in [1.165, 1.54) is 11.3 Å². The molecular formula is C21H19N3O4S2. The van der Waals surface area contributed by atoms with E-state index in [-0.39, 0.29) is 13.2 Å². The predicted octanol–water partition coefficient (Wildman–Crippen LogP) is 3.24. The summed E-state index contributed by atoms with van der Waals surface area (Å²) in [6.45, 7) is 2.06. The Balaban J connectivity index is 1.37. The molecule has 0 fully saturated rings. The molecule has 0 saturated carbocycles. The number of carbonyl (C=O) groups is 2. The van der Waals surface area contributed by atoms with Crippen molar-refractivity contribution < 1.29 is 19.1 Å². The molecule has 9 heteroatoms. The van der Waals surface area contributed by atoms with Gasteiger partial charge < -0.3 is 14.0 Å². The number of rotatable bonds is 4. The van der Waals surface area contributed by atoms with E-state index >= 15 is 0 Å². The van der Waals surface area contributed by atoms with Crippen molar-refractivity contribution in [3.63, 3.8) is 0 Å². The summed E-state index contributed by atoms with van der Waals surface area (Å²) in [6.07, 6.45) is -0.855. The van der Waals surface area contributed by atoms with Crippen molar-refractivity contribution in [2.24, 2.45) is 0 Å². The van der Waals surface area contributed by atoms with Gasteiger partial charge in [-0.2, -0.15) is 0 Å². The Morgan fingerprint density at radius 1 is 1.13 bits per heavy atom. The van der Waals surface area contributed by atoms with Gasteiger partial charge in [-0.3, -0.25) is 20.4 Å². The number of hydrogen-bond acceptors (Lipinski definition) is 6. The van der Waals surface area contributed by atoms with Crippen LogP contribution in [0.15, 0.2) is 53.9 Å². The topological polar surface area (TPSA) is 81.6 Å². The van der Waals surface area contributed by atoms with Gasteiger partial charge in [-0.15, -0.1) is 11.3 Å². The van der Waals surface area contributed by atoms with Gasteiger partial charge in [0.2, 0.25) is 6.10 Å². The fraction of sp³-hybridized carbons (Fsp3) is 0.190. The van der Waals surface area contributed by atoms with Gasteiger partial charge in [0.05, 0.1) is 5.69 Å². The second-order valence-corrected chi connectivity index (χ2v) is 8.24. The van der Waals surface area contributed by atoms with Gasteiger partial charge in [0.15, 0.2) is 15.5 Å². The van der Waals surface area contributed by atoms with Crippen LogP contribution in [0.4, 0.5) is 0 Å². The van der Waals surface area contributed by atoms with Crippen LogP contribution in [-0.4, -0.2) is 29.1 Å². The summed E-state index contributed by atoms with van der Waals surface area (Å²) in [5.41, 5.74) is 7.79. The van der Waals surface area contributed by atoms with Crippen molar-refractivity contribution in [2.45, 2.75) is 19.6 Å². The molecule has 2 amide bonds. The smallest absolute Gasteiger partial charge is 0.283 e. The zero-order valence-corrected chi connectivity index (χ0v) is 17.7. The minimum absolute atomic E-state index is 0.0172. The number of hydrazine groups is 1. The average molecular weight is 442 g/mol. The van der Waals surface area contributed by atoms with Crippen LogP contribution in [0.5, 0.6) is 11.5 Å². The first-order chi connectivity index (χ1) is 14.5. The average Bonchev–Trinajstić information content (AvgIpc) is 3.12. The van der Waals surface area contributed by atoms with Gasteiger partial charge in [-0.1, -0.05) is 42.0 Å². The lowest BCUT2D eigenvalue weighted by molar-refractivity contribution is -0.135. The fourth-order valence-electron chi connectivity index (χ4n) is 2.97. The van der Waals surface area contributed by atoms with Crippen molar-refractivity contribution in [3.05, 3.63) is 63.4 Å². The first kappa shape index (κ1) is 20.1. The number of nitrogens with zero attached hydrogens (tertiary/aromatic N) is 1. The number of para-hydroxylation sites is 2. The van der Waals surface area contributed by atoms with Gasteiger partial charge in [-0.05, 0) is 36.8 Å². The van der Waals surface area contributed by atoms with Crippen LogP contribution in [0.25, 0.3) is 11.3 Å². The maximum absolute atomic E-state index is 12.4. The molecule has 154 valence electrons. The van der Waals surface area contributed by atoms with Gasteiger partial charge in [0.25, 0.3) is 11.8 Å². The summed E-state index contributed by atoms with van der Waals surface area (Å²) in [5, 5.41) is 1.92. The van der Waals surface area contributed by atoms with Gasteiger partial charge >= 0.3 is 0 Å². The van der Waals surface area contributed by atoms with Gasteiger partial charge in [0, 0.05) is 5.38 Å². The molecule has 0 aliphatic carbocycles. The van der Waals surface area contributed by atoms with Crippen LogP contribution < -0.4 is 20.3 Å². The number of fused-ring (bicyclic) bond motifs is 1. The molecule has 1 aliphatic heterocycles. The van der Waals surface area contributed by atoms with Crippen LogP contribution in [0.2, 0.25) is 0 Å². The minimum Gasteiger partial charge on any atom is -0.485 e. The number of aromatic nitrogens is 1. The highest BCUT2D eigenvalue weighted by atomic mass is 32.1. The SMILES string of the molecule is Cc1ccc(-c2csc(=S)n2CC(=O)NNC(=O)[C@@H]2COc3ccccc3O2)cc1.